The molecule has 0 aliphatic carbocycles. The van der Waals surface area contributed by atoms with Crippen molar-refractivity contribution in [1.29, 1.82) is 0 Å². The molecule has 0 fully saturated rings. The van der Waals surface area contributed by atoms with E-state index in [2.05, 4.69) is 10.2 Å². The maximum Gasteiger partial charge on any atom is 0.233 e. The first kappa shape index (κ1) is 11.3. The maximum absolute atomic E-state index is 12.0. The van der Waals surface area contributed by atoms with Crippen molar-refractivity contribution in [3.05, 3.63) is 53.2 Å². The first-order valence-corrected chi connectivity index (χ1v) is 5.20. The van der Waals surface area contributed by atoms with Gasteiger partial charge in [0.2, 0.25) is 11.7 Å². The first-order valence-electron chi connectivity index (χ1n) is 5.20. The molecular formula is C13H12N2O2. The van der Waals surface area contributed by atoms with Gasteiger partial charge in [-0.15, -0.1) is 10.2 Å². The van der Waals surface area contributed by atoms with E-state index in [1.54, 1.807) is 24.3 Å². The van der Waals surface area contributed by atoms with E-state index in [4.69, 9.17) is 4.74 Å². The number of aryl methyl sites for hydroxylation is 1. The number of methoxy groups -OCH3 is 1. The molecule has 17 heavy (non-hydrogen) atoms. The van der Waals surface area contributed by atoms with Gasteiger partial charge < -0.3 is 4.74 Å². The summed E-state index contributed by atoms with van der Waals surface area (Å²) >= 11 is 0. The molecule has 2 rings (SSSR count). The Labute approximate surface area is 99.3 Å². The molecule has 4 nitrogen and oxygen atoms in total. The smallest absolute Gasteiger partial charge is 0.233 e. The second-order valence-electron chi connectivity index (χ2n) is 3.66. The summed E-state index contributed by atoms with van der Waals surface area (Å²) in [6.45, 7) is 1.97. The van der Waals surface area contributed by atoms with E-state index in [1.165, 1.54) is 7.11 Å². The Hall–Kier alpha value is -2.23. The van der Waals surface area contributed by atoms with Crippen LogP contribution in [0.2, 0.25) is 0 Å². The molecule has 0 amide bonds. The lowest BCUT2D eigenvalue weighted by molar-refractivity contribution is 0.103. The molecule has 86 valence electrons. The minimum atomic E-state index is -0.139. The summed E-state index contributed by atoms with van der Waals surface area (Å²) in [5.74, 6) is 0.255. The Morgan fingerprint density at radius 2 is 1.76 bits per heavy atom. The van der Waals surface area contributed by atoms with Gasteiger partial charge in [0.05, 0.1) is 7.11 Å². The highest BCUT2D eigenvalue weighted by Gasteiger charge is 2.10. The standard InChI is InChI=1S/C13H12N2O2/c1-9-3-5-10(6-4-9)13(16)11-7-8-12(17-2)15-14-11/h3-8H,1-2H3. The average molecular weight is 228 g/mol. The van der Waals surface area contributed by atoms with Crippen LogP contribution in [0.1, 0.15) is 21.6 Å². The lowest BCUT2D eigenvalue weighted by atomic mass is 10.1. The Bertz CT molecular complexity index is 518. The van der Waals surface area contributed by atoms with Crippen LogP contribution in [0.4, 0.5) is 0 Å². The number of carbonyl (C=O) groups excluding carboxylic acids is 1. The minimum absolute atomic E-state index is 0.139. The lowest BCUT2D eigenvalue weighted by Gasteiger charge is -2.01. The van der Waals surface area contributed by atoms with Gasteiger partial charge in [0.15, 0.2) is 0 Å². The van der Waals surface area contributed by atoms with Crippen LogP contribution in [0, 0.1) is 6.92 Å². The molecule has 0 saturated heterocycles. The van der Waals surface area contributed by atoms with Crippen molar-refractivity contribution >= 4 is 5.78 Å². The Balaban J connectivity index is 2.27. The monoisotopic (exact) mass is 228 g/mol. The fourth-order valence-corrected chi connectivity index (χ4v) is 1.40. The van der Waals surface area contributed by atoms with Crippen molar-refractivity contribution in [3.8, 4) is 5.88 Å². The number of hydrogen-bond acceptors (Lipinski definition) is 4. The van der Waals surface area contributed by atoms with E-state index < -0.39 is 0 Å². The van der Waals surface area contributed by atoms with Gasteiger partial charge >= 0.3 is 0 Å². The molecule has 0 saturated carbocycles. The van der Waals surface area contributed by atoms with Crippen molar-refractivity contribution in [3.63, 3.8) is 0 Å². The second-order valence-corrected chi connectivity index (χ2v) is 3.66. The highest BCUT2D eigenvalue weighted by Crippen LogP contribution is 2.10. The fraction of sp³-hybridized carbons (Fsp3) is 0.154. The number of rotatable bonds is 3. The predicted octanol–water partition coefficient (Wildman–Crippen LogP) is 2.02. The number of ketones is 1. The van der Waals surface area contributed by atoms with Gasteiger partial charge in [-0.1, -0.05) is 29.8 Å². The Kier molecular flexibility index (Phi) is 3.14. The number of ether oxygens (including phenoxy) is 1. The molecule has 0 spiro atoms. The van der Waals surface area contributed by atoms with E-state index in [-0.39, 0.29) is 5.78 Å². The van der Waals surface area contributed by atoms with Crippen molar-refractivity contribution in [2.45, 2.75) is 6.92 Å². The van der Waals surface area contributed by atoms with E-state index in [9.17, 15) is 4.79 Å². The molecule has 1 heterocycles. The number of hydrogen-bond donors (Lipinski definition) is 0. The summed E-state index contributed by atoms with van der Waals surface area (Å²) < 4.78 is 4.89. The summed E-state index contributed by atoms with van der Waals surface area (Å²) in [7, 11) is 1.51. The van der Waals surface area contributed by atoms with Crippen LogP contribution in [0.3, 0.4) is 0 Å². The van der Waals surface area contributed by atoms with E-state index in [0.717, 1.165) is 5.56 Å². The van der Waals surface area contributed by atoms with Crippen LogP contribution >= 0.6 is 0 Å². The zero-order chi connectivity index (χ0) is 12.3. The second kappa shape index (κ2) is 4.74. The Morgan fingerprint density at radius 3 is 2.29 bits per heavy atom. The summed E-state index contributed by atoms with van der Waals surface area (Å²) in [4.78, 5) is 12.0. The molecule has 1 aromatic carbocycles. The summed E-state index contributed by atoms with van der Waals surface area (Å²) in [5, 5.41) is 7.59. The summed E-state index contributed by atoms with van der Waals surface area (Å²) in [6.07, 6.45) is 0. The van der Waals surface area contributed by atoms with Gasteiger partial charge in [0, 0.05) is 11.6 Å². The quantitative estimate of drug-likeness (QED) is 0.754. The predicted molar refractivity (Wildman–Crippen MR) is 63.2 cm³/mol. The normalized spacial score (nSPS) is 10.0. The zero-order valence-corrected chi connectivity index (χ0v) is 9.68. The van der Waals surface area contributed by atoms with Crippen LogP contribution in [0.25, 0.3) is 0 Å². The molecule has 0 atom stereocenters. The fourth-order valence-electron chi connectivity index (χ4n) is 1.40. The first-order chi connectivity index (χ1) is 8.20. The van der Waals surface area contributed by atoms with E-state index >= 15 is 0 Å². The maximum atomic E-state index is 12.0. The molecule has 0 bridgehead atoms. The molecule has 0 aliphatic rings. The largest absolute Gasteiger partial charge is 0.480 e. The van der Waals surface area contributed by atoms with Gasteiger partial charge in [0.1, 0.15) is 5.69 Å². The topological polar surface area (TPSA) is 52.1 Å². The van der Waals surface area contributed by atoms with Crippen molar-refractivity contribution in [2.24, 2.45) is 0 Å². The zero-order valence-electron chi connectivity index (χ0n) is 9.68. The summed E-state index contributed by atoms with van der Waals surface area (Å²) in [6, 6.07) is 10.6. The molecule has 0 radical (unpaired) electrons. The number of carbonyl (C=O) groups is 1. The molecule has 0 N–H and O–H groups in total. The molecule has 0 unspecified atom stereocenters. The number of benzene rings is 1. The van der Waals surface area contributed by atoms with Crippen LogP contribution in [-0.2, 0) is 0 Å². The van der Waals surface area contributed by atoms with Gasteiger partial charge in [-0.05, 0) is 13.0 Å². The van der Waals surface area contributed by atoms with Gasteiger partial charge in [-0.25, -0.2) is 0 Å². The van der Waals surface area contributed by atoms with Crippen LogP contribution < -0.4 is 4.74 Å². The Morgan fingerprint density at radius 1 is 1.06 bits per heavy atom. The van der Waals surface area contributed by atoms with Crippen molar-refractivity contribution in [1.82, 2.24) is 10.2 Å². The highest BCUT2D eigenvalue weighted by molar-refractivity contribution is 6.07. The van der Waals surface area contributed by atoms with Crippen LogP contribution in [0.15, 0.2) is 36.4 Å². The molecule has 4 heteroatoms. The third-order valence-electron chi connectivity index (χ3n) is 2.40. The number of nitrogens with zero attached hydrogens (tertiary/aromatic N) is 2. The van der Waals surface area contributed by atoms with Gasteiger partial charge in [-0.3, -0.25) is 4.79 Å². The van der Waals surface area contributed by atoms with Gasteiger partial charge in [-0.2, -0.15) is 0 Å². The lowest BCUT2D eigenvalue weighted by Crippen LogP contribution is -2.05. The van der Waals surface area contributed by atoms with E-state index in [1.807, 2.05) is 19.1 Å². The average Bonchev–Trinajstić information content (AvgIpc) is 2.39. The molecule has 2 aromatic rings. The van der Waals surface area contributed by atoms with Crippen LogP contribution in [0.5, 0.6) is 5.88 Å². The number of aromatic nitrogens is 2. The SMILES string of the molecule is COc1ccc(C(=O)c2ccc(C)cc2)nn1. The molecular weight excluding hydrogens is 216 g/mol. The summed E-state index contributed by atoms with van der Waals surface area (Å²) in [5.41, 5.74) is 2.03. The van der Waals surface area contributed by atoms with Crippen molar-refractivity contribution < 1.29 is 9.53 Å². The third kappa shape index (κ3) is 2.47. The highest BCUT2D eigenvalue weighted by atomic mass is 16.5. The van der Waals surface area contributed by atoms with Crippen molar-refractivity contribution in [2.75, 3.05) is 7.11 Å². The van der Waals surface area contributed by atoms with Crippen LogP contribution in [-0.4, -0.2) is 23.1 Å². The van der Waals surface area contributed by atoms with Gasteiger partial charge in [0.25, 0.3) is 0 Å². The minimum Gasteiger partial charge on any atom is -0.480 e. The molecule has 1 aromatic heterocycles. The third-order valence-corrected chi connectivity index (χ3v) is 2.40. The molecule has 0 aliphatic heterocycles. The van der Waals surface area contributed by atoms with E-state index in [0.29, 0.717) is 17.1 Å².